The normalized spacial score (nSPS) is 14.4. The van der Waals surface area contributed by atoms with Gasteiger partial charge >= 0.3 is 0 Å². The molecule has 9 aromatic carbocycles. The molecular formula is C58H38N2S. The molecule has 0 radical (unpaired) electrons. The van der Waals surface area contributed by atoms with Gasteiger partial charge in [0.2, 0.25) is 0 Å². The van der Waals surface area contributed by atoms with E-state index in [1.165, 1.54) is 69.9 Å². The highest BCUT2D eigenvalue weighted by atomic mass is 32.1. The van der Waals surface area contributed by atoms with Gasteiger partial charge in [-0.2, -0.15) is 0 Å². The molecule has 0 amide bonds. The number of nitrogens with zero attached hydrogens (tertiary/aromatic N) is 2. The molecule has 1 unspecified atom stereocenters. The van der Waals surface area contributed by atoms with E-state index in [4.69, 9.17) is 9.97 Å². The Balaban J connectivity index is 1.09. The van der Waals surface area contributed by atoms with E-state index in [0.717, 1.165) is 39.2 Å². The Labute approximate surface area is 359 Å². The molecule has 12 rings (SSSR count). The summed E-state index contributed by atoms with van der Waals surface area (Å²) in [6.45, 7) is 2.37. The van der Waals surface area contributed by atoms with Gasteiger partial charge in [0.05, 0.1) is 11.4 Å². The zero-order valence-electron chi connectivity index (χ0n) is 33.5. The average molecular weight is 795 g/mol. The summed E-state index contributed by atoms with van der Waals surface area (Å²) in [7, 11) is 0. The Kier molecular flexibility index (Phi) is 8.19. The standard InChI is InChI=1S/C58H38N2S/c1-58(45-19-6-3-7-20-45)50-24-12-10-22-48(50)56-49(23-14-25-51(56)58)53-36-52(59-57(60-53)38-16-4-2-5-17-38)44-33-42(40-28-27-37-15-8-9-18-39(37)31-40)32-43(34-44)41-29-30-47-46-21-11-13-26-54(46)61-55(47)35-41/h2-36H,1H3. The topological polar surface area (TPSA) is 25.8 Å². The maximum Gasteiger partial charge on any atom is 0.160 e. The van der Waals surface area contributed by atoms with Gasteiger partial charge in [0.1, 0.15) is 0 Å². The van der Waals surface area contributed by atoms with Crippen LogP contribution in [0.4, 0.5) is 0 Å². The second kappa shape index (κ2) is 14.1. The van der Waals surface area contributed by atoms with E-state index in [1.807, 2.05) is 17.4 Å². The third kappa shape index (κ3) is 5.84. The first-order valence-electron chi connectivity index (χ1n) is 20.9. The number of rotatable bonds is 6. The van der Waals surface area contributed by atoms with Crippen LogP contribution < -0.4 is 0 Å². The molecule has 286 valence electrons. The number of fused-ring (bicyclic) bond motifs is 7. The van der Waals surface area contributed by atoms with Crippen molar-refractivity contribution < 1.29 is 0 Å². The quantitative estimate of drug-likeness (QED) is 0.168. The second-order valence-electron chi connectivity index (χ2n) is 16.3. The van der Waals surface area contributed by atoms with Gasteiger partial charge in [0.25, 0.3) is 0 Å². The van der Waals surface area contributed by atoms with Crippen molar-refractivity contribution in [2.24, 2.45) is 0 Å². The number of aromatic nitrogens is 2. The first kappa shape index (κ1) is 35.5. The Morgan fingerprint density at radius 1 is 0.377 bits per heavy atom. The van der Waals surface area contributed by atoms with E-state index >= 15 is 0 Å². The smallest absolute Gasteiger partial charge is 0.160 e. The van der Waals surface area contributed by atoms with Crippen LogP contribution in [0.1, 0.15) is 23.6 Å². The Hall–Kier alpha value is -7.46. The molecule has 0 aliphatic heterocycles. The van der Waals surface area contributed by atoms with Crippen LogP contribution in [0.2, 0.25) is 0 Å². The fourth-order valence-electron chi connectivity index (χ4n) is 9.67. The van der Waals surface area contributed by atoms with Crippen molar-refractivity contribution in [3.8, 4) is 67.3 Å². The predicted octanol–water partition coefficient (Wildman–Crippen LogP) is 15.7. The fourth-order valence-corrected chi connectivity index (χ4v) is 10.8. The van der Waals surface area contributed by atoms with Gasteiger partial charge in [-0.3, -0.25) is 0 Å². The lowest BCUT2D eigenvalue weighted by atomic mass is 9.74. The van der Waals surface area contributed by atoms with Crippen LogP contribution in [-0.4, -0.2) is 9.97 Å². The molecule has 1 atom stereocenters. The summed E-state index contributed by atoms with van der Waals surface area (Å²) in [5.74, 6) is 0.701. The van der Waals surface area contributed by atoms with Gasteiger partial charge in [-0.15, -0.1) is 11.3 Å². The highest BCUT2D eigenvalue weighted by molar-refractivity contribution is 7.25. The fraction of sp³-hybridized carbons (Fsp3) is 0.0345. The summed E-state index contributed by atoms with van der Waals surface area (Å²) in [6, 6.07) is 77.1. The van der Waals surface area contributed by atoms with Crippen LogP contribution >= 0.6 is 11.3 Å². The van der Waals surface area contributed by atoms with Gasteiger partial charge < -0.3 is 0 Å². The molecule has 0 bridgehead atoms. The van der Waals surface area contributed by atoms with Gasteiger partial charge in [0.15, 0.2) is 5.82 Å². The average Bonchev–Trinajstić information content (AvgIpc) is 3.84. The van der Waals surface area contributed by atoms with Crippen LogP contribution in [0, 0.1) is 0 Å². The third-order valence-corrected chi connectivity index (χ3v) is 13.9. The maximum absolute atomic E-state index is 5.41. The molecular weight excluding hydrogens is 757 g/mol. The van der Waals surface area contributed by atoms with Crippen molar-refractivity contribution >= 4 is 42.3 Å². The van der Waals surface area contributed by atoms with Crippen molar-refractivity contribution in [2.75, 3.05) is 0 Å². The molecule has 2 nitrogen and oxygen atoms in total. The summed E-state index contributed by atoms with van der Waals surface area (Å²) in [5.41, 5.74) is 15.6. The van der Waals surface area contributed by atoms with Crippen LogP contribution in [0.5, 0.6) is 0 Å². The lowest BCUT2D eigenvalue weighted by Crippen LogP contribution is -2.22. The van der Waals surface area contributed by atoms with Gasteiger partial charge in [-0.05, 0) is 110 Å². The first-order valence-corrected chi connectivity index (χ1v) is 21.7. The molecule has 0 saturated heterocycles. The molecule has 11 aromatic rings. The van der Waals surface area contributed by atoms with E-state index < -0.39 is 0 Å². The van der Waals surface area contributed by atoms with E-state index in [-0.39, 0.29) is 5.41 Å². The molecule has 61 heavy (non-hydrogen) atoms. The zero-order chi connectivity index (χ0) is 40.5. The van der Waals surface area contributed by atoms with E-state index in [9.17, 15) is 0 Å². The largest absolute Gasteiger partial charge is 0.228 e. The number of thiophene rings is 1. The minimum absolute atomic E-state index is 0.320. The lowest BCUT2D eigenvalue weighted by molar-refractivity contribution is 0.714. The second-order valence-corrected chi connectivity index (χ2v) is 17.3. The molecule has 2 aromatic heterocycles. The summed E-state index contributed by atoms with van der Waals surface area (Å²) >= 11 is 1.85. The van der Waals surface area contributed by atoms with E-state index in [1.54, 1.807) is 0 Å². The Morgan fingerprint density at radius 2 is 1.00 bits per heavy atom. The van der Waals surface area contributed by atoms with Crippen molar-refractivity contribution in [3.05, 3.63) is 229 Å². The summed E-state index contributed by atoms with van der Waals surface area (Å²) in [6.07, 6.45) is 0. The summed E-state index contributed by atoms with van der Waals surface area (Å²) in [4.78, 5) is 10.8. The SMILES string of the molecule is CC1(c2ccccc2)c2ccccc2-c2c(-c3cc(-c4cc(-c5ccc6ccccc6c5)cc(-c5ccc6c(c5)sc5ccccc56)c4)nc(-c4ccccc4)n3)cccc21. The van der Waals surface area contributed by atoms with Gasteiger partial charge in [-0.25, -0.2) is 9.97 Å². The highest BCUT2D eigenvalue weighted by Gasteiger charge is 2.41. The molecule has 1 aliphatic carbocycles. The van der Waals surface area contributed by atoms with Crippen LogP contribution in [0.25, 0.3) is 98.2 Å². The lowest BCUT2D eigenvalue weighted by Gasteiger charge is -2.28. The van der Waals surface area contributed by atoms with Crippen LogP contribution in [0.3, 0.4) is 0 Å². The number of benzene rings is 9. The molecule has 3 heteroatoms. The Morgan fingerprint density at radius 3 is 1.85 bits per heavy atom. The minimum atomic E-state index is -0.320. The molecule has 0 spiro atoms. The van der Waals surface area contributed by atoms with Crippen LogP contribution in [-0.2, 0) is 5.41 Å². The summed E-state index contributed by atoms with van der Waals surface area (Å²) < 4.78 is 2.59. The third-order valence-electron chi connectivity index (χ3n) is 12.7. The van der Waals surface area contributed by atoms with Gasteiger partial charge in [0, 0.05) is 42.3 Å². The number of hydrogen-bond acceptors (Lipinski definition) is 3. The van der Waals surface area contributed by atoms with Crippen molar-refractivity contribution in [2.45, 2.75) is 12.3 Å². The molecule has 0 N–H and O–H groups in total. The van der Waals surface area contributed by atoms with E-state index in [2.05, 4.69) is 213 Å². The Bertz CT molecular complexity index is 3490. The van der Waals surface area contributed by atoms with Crippen LogP contribution in [0.15, 0.2) is 212 Å². The monoisotopic (exact) mass is 794 g/mol. The highest BCUT2D eigenvalue weighted by Crippen LogP contribution is 2.55. The number of hydrogen-bond donors (Lipinski definition) is 0. The summed E-state index contributed by atoms with van der Waals surface area (Å²) in [5, 5.41) is 5.05. The maximum atomic E-state index is 5.41. The van der Waals surface area contributed by atoms with Crippen molar-refractivity contribution in [1.82, 2.24) is 9.97 Å². The molecule has 0 saturated carbocycles. The van der Waals surface area contributed by atoms with Gasteiger partial charge in [-0.1, -0.05) is 170 Å². The minimum Gasteiger partial charge on any atom is -0.228 e. The predicted molar refractivity (Wildman–Crippen MR) is 257 cm³/mol. The molecule has 2 heterocycles. The zero-order valence-corrected chi connectivity index (χ0v) is 34.3. The molecule has 1 aliphatic rings. The van der Waals surface area contributed by atoms with E-state index in [0.29, 0.717) is 5.82 Å². The van der Waals surface area contributed by atoms with Crippen molar-refractivity contribution in [3.63, 3.8) is 0 Å². The molecule has 0 fully saturated rings. The first-order chi connectivity index (χ1) is 30.1. The van der Waals surface area contributed by atoms with Crippen molar-refractivity contribution in [1.29, 1.82) is 0 Å².